The van der Waals surface area contributed by atoms with E-state index in [1.807, 2.05) is 37.4 Å². The number of nitrogens with one attached hydrogen (secondary N) is 1. The molecule has 20 heavy (non-hydrogen) atoms. The highest BCUT2D eigenvalue weighted by Gasteiger charge is 2.34. The summed E-state index contributed by atoms with van der Waals surface area (Å²) in [5.74, 6) is -0.208. The predicted molar refractivity (Wildman–Crippen MR) is 78.7 cm³/mol. The molecule has 4 nitrogen and oxygen atoms in total. The molecule has 0 bridgehead atoms. The molecule has 1 N–H and O–H groups in total. The Morgan fingerprint density at radius 1 is 1.35 bits per heavy atom. The lowest BCUT2D eigenvalue weighted by molar-refractivity contribution is -0.118. The number of carbonyl (C=O) groups is 1. The molecule has 1 aliphatic rings. The van der Waals surface area contributed by atoms with Crippen LogP contribution in [0.4, 0.5) is 0 Å². The second kappa shape index (κ2) is 6.36. The van der Waals surface area contributed by atoms with Crippen LogP contribution in [-0.4, -0.2) is 36.5 Å². The third-order valence-electron chi connectivity index (χ3n) is 3.64. The molecule has 0 radical (unpaired) electrons. The van der Waals surface area contributed by atoms with E-state index in [9.17, 15) is 10.1 Å². The van der Waals surface area contributed by atoms with Crippen molar-refractivity contribution < 1.29 is 4.79 Å². The minimum atomic E-state index is -0.718. The van der Waals surface area contributed by atoms with Gasteiger partial charge in [0, 0.05) is 19.2 Å². The van der Waals surface area contributed by atoms with Crippen LogP contribution in [0, 0.1) is 11.3 Å². The standard InChI is InChI=1S/C16H19N3O/c1-19-11-9-16(13-17,10-12-19)18-15(20)8-7-14-5-3-2-4-6-14/h2-8H,9-12H2,1H3,(H,18,20). The maximum absolute atomic E-state index is 12.0. The maximum Gasteiger partial charge on any atom is 0.245 e. The van der Waals surface area contributed by atoms with Crippen LogP contribution in [0.25, 0.3) is 6.08 Å². The molecule has 0 aromatic heterocycles. The normalized spacial score (nSPS) is 18.6. The number of nitriles is 1. The Kier molecular flexibility index (Phi) is 4.54. The fourth-order valence-electron chi connectivity index (χ4n) is 2.28. The Bertz CT molecular complexity index is 522. The summed E-state index contributed by atoms with van der Waals surface area (Å²) in [5, 5.41) is 12.2. The molecule has 1 aromatic rings. The van der Waals surface area contributed by atoms with Crippen molar-refractivity contribution >= 4 is 12.0 Å². The first-order valence-electron chi connectivity index (χ1n) is 6.79. The van der Waals surface area contributed by atoms with Gasteiger partial charge in [0.2, 0.25) is 5.91 Å². The first kappa shape index (κ1) is 14.3. The van der Waals surface area contributed by atoms with Crippen molar-refractivity contribution in [3.63, 3.8) is 0 Å². The van der Waals surface area contributed by atoms with Gasteiger partial charge in [-0.15, -0.1) is 0 Å². The lowest BCUT2D eigenvalue weighted by Gasteiger charge is -2.35. The highest BCUT2D eigenvalue weighted by atomic mass is 16.1. The van der Waals surface area contributed by atoms with E-state index in [2.05, 4.69) is 16.3 Å². The summed E-state index contributed by atoms with van der Waals surface area (Å²) in [5.41, 5.74) is 0.252. The number of piperidine rings is 1. The molecule has 1 saturated heterocycles. The molecule has 0 atom stereocenters. The molecule has 104 valence electrons. The van der Waals surface area contributed by atoms with Gasteiger partial charge >= 0.3 is 0 Å². The molecule has 0 spiro atoms. The lowest BCUT2D eigenvalue weighted by atomic mass is 9.89. The zero-order chi connectivity index (χ0) is 14.4. The smallest absolute Gasteiger partial charge is 0.245 e. The SMILES string of the molecule is CN1CCC(C#N)(NC(=O)C=Cc2ccccc2)CC1. The van der Waals surface area contributed by atoms with Crippen LogP contribution in [-0.2, 0) is 4.79 Å². The molecule has 1 fully saturated rings. The van der Waals surface area contributed by atoms with Gasteiger partial charge in [0.25, 0.3) is 0 Å². The minimum Gasteiger partial charge on any atom is -0.334 e. The van der Waals surface area contributed by atoms with Crippen molar-refractivity contribution in [1.29, 1.82) is 5.26 Å². The van der Waals surface area contributed by atoms with Crippen LogP contribution in [0.1, 0.15) is 18.4 Å². The number of nitrogens with zero attached hydrogens (tertiary/aromatic N) is 2. The zero-order valence-corrected chi connectivity index (χ0v) is 11.7. The quantitative estimate of drug-likeness (QED) is 0.851. The van der Waals surface area contributed by atoms with Gasteiger partial charge in [-0.25, -0.2) is 0 Å². The van der Waals surface area contributed by atoms with Crippen LogP contribution >= 0.6 is 0 Å². The molecule has 1 aromatic carbocycles. The van der Waals surface area contributed by atoms with Gasteiger partial charge in [-0.05, 0) is 31.5 Å². The van der Waals surface area contributed by atoms with Crippen molar-refractivity contribution in [2.24, 2.45) is 0 Å². The molecule has 1 amide bonds. The monoisotopic (exact) mass is 269 g/mol. The van der Waals surface area contributed by atoms with E-state index in [1.165, 1.54) is 6.08 Å². The summed E-state index contributed by atoms with van der Waals surface area (Å²) in [6, 6.07) is 11.9. The van der Waals surface area contributed by atoms with Gasteiger partial charge in [-0.1, -0.05) is 30.3 Å². The maximum atomic E-state index is 12.0. The Morgan fingerprint density at radius 3 is 2.60 bits per heavy atom. The Hall–Kier alpha value is -2.12. The summed E-state index contributed by atoms with van der Waals surface area (Å²) in [6.45, 7) is 1.66. The topological polar surface area (TPSA) is 56.1 Å². The minimum absolute atomic E-state index is 0.208. The summed E-state index contributed by atoms with van der Waals surface area (Å²) < 4.78 is 0. The fourth-order valence-corrected chi connectivity index (χ4v) is 2.28. The molecule has 2 rings (SSSR count). The molecule has 4 heteroatoms. The van der Waals surface area contributed by atoms with E-state index in [-0.39, 0.29) is 5.91 Å². The van der Waals surface area contributed by atoms with Gasteiger partial charge in [-0.3, -0.25) is 4.79 Å². The number of hydrogen-bond donors (Lipinski definition) is 1. The average molecular weight is 269 g/mol. The number of hydrogen-bond acceptors (Lipinski definition) is 3. The Labute approximate surface area is 119 Å². The van der Waals surface area contributed by atoms with Crippen LogP contribution in [0.5, 0.6) is 0 Å². The number of rotatable bonds is 3. The highest BCUT2D eigenvalue weighted by Crippen LogP contribution is 2.20. The number of amides is 1. The van der Waals surface area contributed by atoms with Crippen LogP contribution in [0.2, 0.25) is 0 Å². The third-order valence-corrected chi connectivity index (χ3v) is 3.64. The van der Waals surface area contributed by atoms with Crippen molar-refractivity contribution in [3.8, 4) is 6.07 Å². The van der Waals surface area contributed by atoms with Gasteiger partial charge in [0.1, 0.15) is 5.54 Å². The zero-order valence-electron chi connectivity index (χ0n) is 11.7. The van der Waals surface area contributed by atoms with Crippen molar-refractivity contribution in [2.75, 3.05) is 20.1 Å². The largest absolute Gasteiger partial charge is 0.334 e. The first-order chi connectivity index (χ1) is 9.63. The van der Waals surface area contributed by atoms with E-state index in [0.29, 0.717) is 12.8 Å². The average Bonchev–Trinajstić information content (AvgIpc) is 2.49. The van der Waals surface area contributed by atoms with Crippen molar-refractivity contribution in [2.45, 2.75) is 18.4 Å². The van der Waals surface area contributed by atoms with E-state index in [1.54, 1.807) is 6.08 Å². The van der Waals surface area contributed by atoms with Crippen molar-refractivity contribution in [3.05, 3.63) is 42.0 Å². The molecule has 1 aliphatic heterocycles. The predicted octanol–water partition coefficient (Wildman–Crippen LogP) is 1.80. The molecule has 0 aliphatic carbocycles. The molecule has 0 saturated carbocycles. The second-order valence-corrected chi connectivity index (χ2v) is 5.23. The molecular formula is C16H19N3O. The van der Waals surface area contributed by atoms with E-state index in [4.69, 9.17) is 0 Å². The van der Waals surface area contributed by atoms with Gasteiger partial charge < -0.3 is 10.2 Å². The number of likely N-dealkylation sites (tertiary alicyclic amines) is 1. The summed E-state index contributed by atoms with van der Waals surface area (Å²) in [6.07, 6.45) is 4.60. The van der Waals surface area contributed by atoms with Crippen LogP contribution in [0.15, 0.2) is 36.4 Å². The Morgan fingerprint density at radius 2 is 2.00 bits per heavy atom. The third kappa shape index (κ3) is 3.69. The first-order valence-corrected chi connectivity index (χ1v) is 6.79. The summed E-state index contributed by atoms with van der Waals surface area (Å²) in [7, 11) is 2.03. The van der Waals surface area contributed by atoms with E-state index >= 15 is 0 Å². The Balaban J connectivity index is 1.97. The lowest BCUT2D eigenvalue weighted by Crippen LogP contribution is -2.53. The van der Waals surface area contributed by atoms with Gasteiger partial charge in [0.05, 0.1) is 6.07 Å². The van der Waals surface area contributed by atoms with E-state index in [0.717, 1.165) is 18.7 Å². The number of carbonyl (C=O) groups excluding carboxylic acids is 1. The second-order valence-electron chi connectivity index (χ2n) is 5.23. The highest BCUT2D eigenvalue weighted by molar-refractivity contribution is 5.92. The fraction of sp³-hybridized carbons (Fsp3) is 0.375. The van der Waals surface area contributed by atoms with Gasteiger partial charge in [0.15, 0.2) is 0 Å². The molecule has 0 unspecified atom stereocenters. The van der Waals surface area contributed by atoms with Crippen molar-refractivity contribution in [1.82, 2.24) is 10.2 Å². The van der Waals surface area contributed by atoms with E-state index < -0.39 is 5.54 Å². The van der Waals surface area contributed by atoms with Gasteiger partial charge in [-0.2, -0.15) is 5.26 Å². The van der Waals surface area contributed by atoms with Crippen LogP contribution in [0.3, 0.4) is 0 Å². The summed E-state index contributed by atoms with van der Waals surface area (Å²) in [4.78, 5) is 14.1. The molecular weight excluding hydrogens is 250 g/mol. The number of benzene rings is 1. The van der Waals surface area contributed by atoms with Crippen LogP contribution < -0.4 is 5.32 Å². The molecule has 1 heterocycles. The summed E-state index contributed by atoms with van der Waals surface area (Å²) >= 11 is 0.